The summed E-state index contributed by atoms with van der Waals surface area (Å²) < 4.78 is 5.61. The first-order valence-corrected chi connectivity index (χ1v) is 10.6. The summed E-state index contributed by atoms with van der Waals surface area (Å²) in [6.45, 7) is 2.02. The number of carbonyl (C=O) groups excluding carboxylic acids is 2. The van der Waals surface area contributed by atoms with Gasteiger partial charge in [0, 0.05) is 47.9 Å². The van der Waals surface area contributed by atoms with Crippen LogP contribution < -0.4 is 5.32 Å². The Labute approximate surface area is 185 Å². The highest BCUT2D eigenvalue weighted by atomic mass is 16.6. The van der Waals surface area contributed by atoms with E-state index in [-0.39, 0.29) is 18.1 Å². The molecule has 1 aliphatic carbocycles. The van der Waals surface area contributed by atoms with Crippen LogP contribution in [0.2, 0.25) is 0 Å². The van der Waals surface area contributed by atoms with Gasteiger partial charge < -0.3 is 10.1 Å². The first-order chi connectivity index (χ1) is 15.5. The standard InChI is InChI=1S/C25H24N2O5/c1-16-22(25(29)32-15-14-17-6-3-2-4-7-17)23(18-10-12-19(13-11-18)27(30)31)24-20(26-16)8-5-9-21(24)28/h2-4,6-7,10-13,23,26H,5,8-9,14-15H2,1H3. The Bertz CT molecular complexity index is 1120. The van der Waals surface area contributed by atoms with Gasteiger partial charge in [-0.15, -0.1) is 0 Å². The monoisotopic (exact) mass is 432 g/mol. The van der Waals surface area contributed by atoms with Gasteiger partial charge >= 0.3 is 5.97 Å². The second-order valence-electron chi connectivity index (χ2n) is 7.99. The molecule has 7 nitrogen and oxygen atoms in total. The van der Waals surface area contributed by atoms with E-state index in [0.717, 1.165) is 24.1 Å². The Hall–Kier alpha value is -3.74. The number of esters is 1. The number of ether oxygens (including phenoxy) is 1. The molecule has 0 fully saturated rings. The third-order valence-corrected chi connectivity index (χ3v) is 5.90. The van der Waals surface area contributed by atoms with Crippen molar-refractivity contribution in [2.75, 3.05) is 6.61 Å². The molecule has 1 unspecified atom stereocenters. The van der Waals surface area contributed by atoms with Crippen LogP contribution in [-0.2, 0) is 20.7 Å². The van der Waals surface area contributed by atoms with Gasteiger partial charge in [0.1, 0.15) is 0 Å². The summed E-state index contributed by atoms with van der Waals surface area (Å²) in [5.41, 5.74) is 4.09. The van der Waals surface area contributed by atoms with E-state index in [0.29, 0.717) is 35.2 Å². The number of allylic oxidation sites excluding steroid dienone is 3. The average molecular weight is 432 g/mol. The number of nitrogens with zero attached hydrogens (tertiary/aromatic N) is 1. The van der Waals surface area contributed by atoms with Crippen LogP contribution >= 0.6 is 0 Å². The Morgan fingerprint density at radius 1 is 1.12 bits per heavy atom. The van der Waals surface area contributed by atoms with Crippen LogP contribution in [0.3, 0.4) is 0 Å². The van der Waals surface area contributed by atoms with Gasteiger partial charge in [-0.05, 0) is 30.9 Å². The molecule has 32 heavy (non-hydrogen) atoms. The first kappa shape index (κ1) is 21.5. The fourth-order valence-electron chi connectivity index (χ4n) is 4.36. The molecular weight excluding hydrogens is 408 g/mol. The SMILES string of the molecule is CC1=C(C(=O)OCCc2ccccc2)C(c2ccc([N+](=O)[O-])cc2)C2=C(CCCC2=O)N1. The van der Waals surface area contributed by atoms with Crippen LogP contribution in [-0.4, -0.2) is 23.3 Å². The number of carbonyl (C=O) groups is 2. The van der Waals surface area contributed by atoms with Crippen molar-refractivity contribution in [1.82, 2.24) is 5.32 Å². The predicted octanol–water partition coefficient (Wildman–Crippen LogP) is 4.35. The Kier molecular flexibility index (Phi) is 6.16. The molecule has 0 saturated carbocycles. The van der Waals surface area contributed by atoms with Crippen LogP contribution in [0.4, 0.5) is 5.69 Å². The van der Waals surface area contributed by atoms with E-state index < -0.39 is 16.8 Å². The van der Waals surface area contributed by atoms with Gasteiger partial charge in [0.15, 0.2) is 5.78 Å². The number of nitro benzene ring substituents is 1. The summed E-state index contributed by atoms with van der Waals surface area (Å²) in [6.07, 6.45) is 2.47. The minimum absolute atomic E-state index is 0.0100. The molecule has 0 amide bonds. The van der Waals surface area contributed by atoms with Gasteiger partial charge in [0.05, 0.1) is 17.1 Å². The highest BCUT2D eigenvalue weighted by Gasteiger charge is 2.39. The highest BCUT2D eigenvalue weighted by molar-refractivity contribution is 6.03. The molecule has 1 aliphatic heterocycles. The van der Waals surface area contributed by atoms with E-state index in [4.69, 9.17) is 4.74 Å². The first-order valence-electron chi connectivity index (χ1n) is 10.6. The van der Waals surface area contributed by atoms with Gasteiger partial charge in [0.2, 0.25) is 0 Å². The second kappa shape index (κ2) is 9.18. The molecule has 2 aromatic rings. The number of rotatable bonds is 6. The zero-order valence-corrected chi connectivity index (χ0v) is 17.8. The number of nitrogens with one attached hydrogen (secondary N) is 1. The van der Waals surface area contributed by atoms with Crippen molar-refractivity contribution >= 4 is 17.4 Å². The number of nitro groups is 1. The van der Waals surface area contributed by atoms with Crippen molar-refractivity contribution < 1.29 is 19.2 Å². The van der Waals surface area contributed by atoms with Crippen LogP contribution in [0, 0.1) is 10.1 Å². The maximum absolute atomic E-state index is 13.2. The van der Waals surface area contributed by atoms with Gasteiger partial charge in [0.25, 0.3) is 5.69 Å². The number of ketones is 1. The largest absolute Gasteiger partial charge is 0.462 e. The van der Waals surface area contributed by atoms with E-state index >= 15 is 0 Å². The fourth-order valence-corrected chi connectivity index (χ4v) is 4.36. The molecule has 0 aromatic heterocycles. The molecule has 4 rings (SSSR count). The van der Waals surface area contributed by atoms with Crippen LogP contribution in [0.1, 0.15) is 43.2 Å². The lowest BCUT2D eigenvalue weighted by Gasteiger charge is -2.34. The van der Waals surface area contributed by atoms with E-state index in [9.17, 15) is 19.7 Å². The van der Waals surface area contributed by atoms with E-state index in [1.165, 1.54) is 12.1 Å². The van der Waals surface area contributed by atoms with Crippen LogP contribution in [0.25, 0.3) is 0 Å². The Morgan fingerprint density at radius 3 is 2.53 bits per heavy atom. The molecule has 1 atom stereocenters. The van der Waals surface area contributed by atoms with Crippen molar-refractivity contribution in [3.63, 3.8) is 0 Å². The normalized spacial score (nSPS) is 18.2. The third kappa shape index (κ3) is 4.32. The Balaban J connectivity index is 1.64. The maximum atomic E-state index is 13.2. The van der Waals surface area contributed by atoms with Gasteiger partial charge in [-0.3, -0.25) is 14.9 Å². The average Bonchev–Trinajstić information content (AvgIpc) is 2.79. The van der Waals surface area contributed by atoms with Crippen molar-refractivity contribution in [3.05, 3.63) is 98.4 Å². The molecule has 0 saturated heterocycles. The van der Waals surface area contributed by atoms with Crippen molar-refractivity contribution in [3.8, 4) is 0 Å². The number of hydrogen-bond acceptors (Lipinski definition) is 6. The molecule has 7 heteroatoms. The topological polar surface area (TPSA) is 98.5 Å². The summed E-state index contributed by atoms with van der Waals surface area (Å²) in [4.78, 5) is 36.7. The van der Waals surface area contributed by atoms with E-state index in [2.05, 4.69) is 5.32 Å². The number of benzene rings is 2. The summed E-state index contributed by atoms with van der Waals surface area (Å²) in [5.74, 6) is -1.10. The molecule has 0 radical (unpaired) electrons. The number of hydrogen-bond donors (Lipinski definition) is 1. The molecular formula is C25H24N2O5. The molecule has 1 heterocycles. The minimum Gasteiger partial charge on any atom is -0.462 e. The summed E-state index contributed by atoms with van der Waals surface area (Å²) in [7, 11) is 0. The summed E-state index contributed by atoms with van der Waals surface area (Å²) in [5, 5.41) is 14.3. The number of non-ortho nitro benzene ring substituents is 1. The third-order valence-electron chi connectivity index (χ3n) is 5.90. The van der Waals surface area contributed by atoms with E-state index in [1.54, 1.807) is 19.1 Å². The van der Waals surface area contributed by atoms with Crippen LogP contribution in [0.5, 0.6) is 0 Å². The lowest BCUT2D eigenvalue weighted by Crippen LogP contribution is -2.34. The second-order valence-corrected chi connectivity index (χ2v) is 7.99. The lowest BCUT2D eigenvalue weighted by molar-refractivity contribution is -0.384. The zero-order valence-electron chi connectivity index (χ0n) is 17.8. The van der Waals surface area contributed by atoms with Gasteiger partial charge in [-0.2, -0.15) is 0 Å². The van der Waals surface area contributed by atoms with Gasteiger partial charge in [-0.25, -0.2) is 4.79 Å². The summed E-state index contributed by atoms with van der Waals surface area (Å²) in [6, 6.07) is 15.8. The Morgan fingerprint density at radius 2 is 1.84 bits per heavy atom. The van der Waals surface area contributed by atoms with Crippen LogP contribution in [0.15, 0.2) is 77.1 Å². The number of dihydropyridines is 1. The van der Waals surface area contributed by atoms with Gasteiger partial charge in [-0.1, -0.05) is 42.5 Å². The zero-order chi connectivity index (χ0) is 22.7. The maximum Gasteiger partial charge on any atom is 0.336 e. The van der Waals surface area contributed by atoms with E-state index in [1.807, 2.05) is 30.3 Å². The lowest BCUT2D eigenvalue weighted by atomic mass is 9.75. The molecule has 164 valence electrons. The fraction of sp³-hybridized carbons (Fsp3) is 0.280. The molecule has 2 aromatic carbocycles. The summed E-state index contributed by atoms with van der Waals surface area (Å²) >= 11 is 0. The molecule has 1 N–H and O–H groups in total. The smallest absolute Gasteiger partial charge is 0.336 e. The van der Waals surface area contributed by atoms with Crippen molar-refractivity contribution in [1.29, 1.82) is 0 Å². The predicted molar refractivity (Wildman–Crippen MR) is 119 cm³/mol. The van der Waals surface area contributed by atoms with Crippen molar-refractivity contribution in [2.45, 2.75) is 38.5 Å². The molecule has 0 spiro atoms. The van der Waals surface area contributed by atoms with Crippen molar-refractivity contribution in [2.24, 2.45) is 0 Å². The minimum atomic E-state index is -0.607. The highest BCUT2D eigenvalue weighted by Crippen LogP contribution is 2.42. The quantitative estimate of drug-likeness (QED) is 0.414. The molecule has 0 bridgehead atoms. The molecule has 2 aliphatic rings. The number of Topliss-reactive ketones (excluding diaryl/α,β-unsaturated/α-hetero) is 1.